The number of phenols is 1. The fraction of sp³-hybridized carbons (Fsp3) is 0.316. The molecule has 0 aromatic heterocycles. The van der Waals surface area contributed by atoms with E-state index in [1.807, 2.05) is 13.0 Å². The van der Waals surface area contributed by atoms with Crippen molar-refractivity contribution < 1.29 is 14.6 Å². The molecule has 116 valence electrons. The molecule has 0 saturated heterocycles. The van der Waals surface area contributed by atoms with Gasteiger partial charge in [-0.05, 0) is 41.7 Å². The number of esters is 1. The van der Waals surface area contributed by atoms with E-state index in [2.05, 4.69) is 31.2 Å². The summed E-state index contributed by atoms with van der Waals surface area (Å²) in [7, 11) is 0. The molecule has 2 aromatic carbocycles. The van der Waals surface area contributed by atoms with Gasteiger partial charge < -0.3 is 9.84 Å². The molecule has 0 unspecified atom stereocenters. The van der Waals surface area contributed by atoms with Gasteiger partial charge in [-0.25, -0.2) is 0 Å². The Morgan fingerprint density at radius 2 is 1.73 bits per heavy atom. The van der Waals surface area contributed by atoms with Gasteiger partial charge in [0, 0.05) is 18.9 Å². The molecule has 1 N–H and O–H groups in total. The Morgan fingerprint density at radius 3 is 2.27 bits per heavy atom. The second-order valence-corrected chi connectivity index (χ2v) is 5.54. The van der Waals surface area contributed by atoms with Crippen molar-refractivity contribution in [1.82, 2.24) is 0 Å². The summed E-state index contributed by atoms with van der Waals surface area (Å²) < 4.78 is 4.97. The van der Waals surface area contributed by atoms with Crippen LogP contribution in [0, 0.1) is 6.92 Å². The number of aromatic hydroxyl groups is 1. The fourth-order valence-electron chi connectivity index (χ4n) is 2.47. The number of carbonyl (C=O) groups excluding carboxylic acids is 1. The lowest BCUT2D eigenvalue weighted by Gasteiger charge is -2.12. The molecule has 2 rings (SSSR count). The normalized spacial score (nSPS) is 10.5. The first-order chi connectivity index (χ1) is 10.5. The molecular weight excluding hydrogens is 276 g/mol. The lowest BCUT2D eigenvalue weighted by Crippen LogP contribution is -2.01. The zero-order valence-electron chi connectivity index (χ0n) is 13.3. The van der Waals surface area contributed by atoms with Crippen LogP contribution >= 0.6 is 0 Å². The predicted octanol–water partition coefficient (Wildman–Crippen LogP) is 3.92. The Bertz CT molecular complexity index is 634. The van der Waals surface area contributed by atoms with Crippen molar-refractivity contribution >= 4 is 5.97 Å². The van der Waals surface area contributed by atoms with E-state index in [1.54, 1.807) is 6.07 Å². The van der Waals surface area contributed by atoms with E-state index in [9.17, 15) is 9.90 Å². The average molecular weight is 298 g/mol. The molecule has 0 heterocycles. The number of aryl methyl sites for hydroxylation is 2. The summed E-state index contributed by atoms with van der Waals surface area (Å²) in [5.41, 5.74) is 5.19. The fourth-order valence-corrected chi connectivity index (χ4v) is 2.47. The summed E-state index contributed by atoms with van der Waals surface area (Å²) in [4.78, 5) is 10.9. The van der Waals surface area contributed by atoms with E-state index in [1.165, 1.54) is 18.1 Å². The number of rotatable bonds is 5. The third-order valence-corrected chi connectivity index (χ3v) is 3.76. The van der Waals surface area contributed by atoms with Crippen molar-refractivity contribution in [2.24, 2.45) is 0 Å². The number of carbonyl (C=O) groups is 1. The molecule has 3 nitrogen and oxygen atoms in total. The van der Waals surface area contributed by atoms with E-state index < -0.39 is 0 Å². The standard InChI is InChI=1S/C19H22O3/c1-4-15-5-7-16(8-6-15)10-18-13(2)9-17(11-19(18)21)12-22-14(3)20/h5-9,11,21H,4,10,12H2,1-3H3. The van der Waals surface area contributed by atoms with Gasteiger partial charge in [-0.15, -0.1) is 0 Å². The summed E-state index contributed by atoms with van der Waals surface area (Å²) in [6.45, 7) is 5.66. The maximum Gasteiger partial charge on any atom is 0.302 e. The molecule has 0 bridgehead atoms. The van der Waals surface area contributed by atoms with Crippen LogP contribution in [0.2, 0.25) is 0 Å². The number of hydrogen-bond donors (Lipinski definition) is 1. The van der Waals surface area contributed by atoms with Gasteiger partial charge in [0.15, 0.2) is 0 Å². The number of ether oxygens (including phenoxy) is 1. The van der Waals surface area contributed by atoms with Crippen LogP contribution in [-0.2, 0) is 29.0 Å². The van der Waals surface area contributed by atoms with Crippen molar-refractivity contribution in [1.29, 1.82) is 0 Å². The molecule has 3 heteroatoms. The van der Waals surface area contributed by atoms with Gasteiger partial charge in [-0.3, -0.25) is 4.79 Å². The van der Waals surface area contributed by atoms with Gasteiger partial charge in [0.1, 0.15) is 12.4 Å². The minimum Gasteiger partial charge on any atom is -0.508 e. The Morgan fingerprint density at radius 1 is 1.09 bits per heavy atom. The van der Waals surface area contributed by atoms with Gasteiger partial charge in [-0.1, -0.05) is 37.3 Å². The molecule has 0 amide bonds. The third-order valence-electron chi connectivity index (χ3n) is 3.76. The highest BCUT2D eigenvalue weighted by Crippen LogP contribution is 2.26. The van der Waals surface area contributed by atoms with Gasteiger partial charge in [0.2, 0.25) is 0 Å². The zero-order chi connectivity index (χ0) is 16.1. The van der Waals surface area contributed by atoms with E-state index in [4.69, 9.17) is 4.74 Å². The highest BCUT2D eigenvalue weighted by molar-refractivity contribution is 5.66. The van der Waals surface area contributed by atoms with Gasteiger partial charge in [0.25, 0.3) is 0 Å². The zero-order valence-corrected chi connectivity index (χ0v) is 13.3. The summed E-state index contributed by atoms with van der Waals surface area (Å²) in [6.07, 6.45) is 1.71. The molecule has 0 aliphatic heterocycles. The second-order valence-electron chi connectivity index (χ2n) is 5.54. The van der Waals surface area contributed by atoms with E-state index >= 15 is 0 Å². The summed E-state index contributed by atoms with van der Waals surface area (Å²) in [5, 5.41) is 10.3. The van der Waals surface area contributed by atoms with Crippen LogP contribution in [0.1, 0.15) is 41.7 Å². The van der Waals surface area contributed by atoms with Crippen LogP contribution in [0.3, 0.4) is 0 Å². The third kappa shape index (κ3) is 4.10. The molecule has 22 heavy (non-hydrogen) atoms. The monoisotopic (exact) mass is 298 g/mol. The smallest absolute Gasteiger partial charge is 0.302 e. The van der Waals surface area contributed by atoms with Crippen molar-refractivity contribution in [3.8, 4) is 5.75 Å². The lowest BCUT2D eigenvalue weighted by atomic mass is 9.97. The van der Waals surface area contributed by atoms with Gasteiger partial charge in [-0.2, -0.15) is 0 Å². The van der Waals surface area contributed by atoms with Crippen LogP contribution < -0.4 is 0 Å². The van der Waals surface area contributed by atoms with Crippen molar-refractivity contribution in [3.05, 3.63) is 64.2 Å². The molecule has 0 aliphatic carbocycles. The van der Waals surface area contributed by atoms with E-state index in [0.717, 1.165) is 23.1 Å². The summed E-state index contributed by atoms with van der Waals surface area (Å²) in [6, 6.07) is 12.1. The van der Waals surface area contributed by atoms with Crippen molar-refractivity contribution in [2.75, 3.05) is 0 Å². The molecule has 0 fully saturated rings. The van der Waals surface area contributed by atoms with Crippen LogP contribution in [0.4, 0.5) is 0 Å². The SMILES string of the molecule is CCc1ccc(Cc2c(C)cc(COC(C)=O)cc2O)cc1. The number of hydrogen-bond acceptors (Lipinski definition) is 3. The lowest BCUT2D eigenvalue weighted by molar-refractivity contribution is -0.142. The first-order valence-electron chi connectivity index (χ1n) is 7.52. The predicted molar refractivity (Wildman–Crippen MR) is 86.9 cm³/mol. The number of phenolic OH excluding ortho intramolecular Hbond substituents is 1. The van der Waals surface area contributed by atoms with Crippen molar-refractivity contribution in [2.45, 2.75) is 40.2 Å². The van der Waals surface area contributed by atoms with Crippen molar-refractivity contribution in [3.63, 3.8) is 0 Å². The highest BCUT2D eigenvalue weighted by atomic mass is 16.5. The van der Waals surface area contributed by atoms with Crippen LogP contribution in [0.25, 0.3) is 0 Å². The molecule has 0 aliphatic rings. The molecule has 2 aromatic rings. The maximum absolute atomic E-state index is 10.9. The Balaban J connectivity index is 2.18. The van der Waals surface area contributed by atoms with Gasteiger partial charge >= 0.3 is 5.97 Å². The largest absolute Gasteiger partial charge is 0.508 e. The molecule has 0 spiro atoms. The van der Waals surface area contributed by atoms with E-state index in [-0.39, 0.29) is 18.3 Å². The Hall–Kier alpha value is -2.29. The second kappa shape index (κ2) is 7.12. The minimum atomic E-state index is -0.322. The number of benzene rings is 2. The first kappa shape index (κ1) is 16.1. The van der Waals surface area contributed by atoms with Crippen LogP contribution in [0.15, 0.2) is 36.4 Å². The molecule has 0 saturated carbocycles. The Kier molecular flexibility index (Phi) is 5.21. The average Bonchev–Trinajstić information content (AvgIpc) is 2.49. The minimum absolute atomic E-state index is 0.190. The molecular formula is C19H22O3. The quantitative estimate of drug-likeness (QED) is 0.851. The topological polar surface area (TPSA) is 46.5 Å². The van der Waals surface area contributed by atoms with Crippen LogP contribution in [-0.4, -0.2) is 11.1 Å². The van der Waals surface area contributed by atoms with Gasteiger partial charge in [0.05, 0.1) is 0 Å². The first-order valence-corrected chi connectivity index (χ1v) is 7.52. The van der Waals surface area contributed by atoms with Crippen LogP contribution in [0.5, 0.6) is 5.75 Å². The molecule has 0 atom stereocenters. The van der Waals surface area contributed by atoms with E-state index in [0.29, 0.717) is 6.42 Å². The molecule has 0 radical (unpaired) electrons. The Labute approximate surface area is 131 Å². The maximum atomic E-state index is 10.9. The summed E-state index contributed by atoms with van der Waals surface area (Å²) in [5.74, 6) is -0.0704. The summed E-state index contributed by atoms with van der Waals surface area (Å²) >= 11 is 0. The highest BCUT2D eigenvalue weighted by Gasteiger charge is 2.09.